The molecular formula is C13H18N2O5. The summed E-state index contributed by atoms with van der Waals surface area (Å²) in [5, 5.41) is 3.01. The molecule has 1 aliphatic rings. The number of hydrogen-bond donors (Lipinski definition) is 1. The van der Waals surface area contributed by atoms with Gasteiger partial charge in [-0.1, -0.05) is 0 Å². The summed E-state index contributed by atoms with van der Waals surface area (Å²) in [5.41, 5.74) is 0.0417. The largest absolute Gasteiger partial charge is 0.462 e. The van der Waals surface area contributed by atoms with Crippen LogP contribution in [0, 0.1) is 0 Å². The summed E-state index contributed by atoms with van der Waals surface area (Å²) in [6.45, 7) is 5.75. The molecule has 1 aromatic heterocycles. The number of hydrogen-bond acceptors (Lipinski definition) is 7. The van der Waals surface area contributed by atoms with Gasteiger partial charge in [-0.25, -0.2) is 9.78 Å². The zero-order valence-electron chi connectivity index (χ0n) is 12.0. The molecule has 1 aromatic rings. The maximum atomic E-state index is 12.0. The van der Waals surface area contributed by atoms with Crippen molar-refractivity contribution in [1.82, 2.24) is 10.3 Å². The number of rotatable bonds is 2. The van der Waals surface area contributed by atoms with Crippen molar-refractivity contribution in [3.05, 3.63) is 17.3 Å². The Bertz CT molecular complexity index is 529. The molecule has 0 amide bonds. The highest BCUT2D eigenvalue weighted by molar-refractivity contribution is 5.84. The number of methoxy groups -OCH3 is 1. The molecule has 1 N–H and O–H groups in total. The topological polar surface area (TPSA) is 90.7 Å². The van der Waals surface area contributed by atoms with Gasteiger partial charge in [-0.05, 0) is 20.8 Å². The van der Waals surface area contributed by atoms with E-state index >= 15 is 0 Å². The summed E-state index contributed by atoms with van der Waals surface area (Å²) in [6, 6.07) is -0.489. The van der Waals surface area contributed by atoms with Gasteiger partial charge in [0, 0.05) is 6.42 Å². The van der Waals surface area contributed by atoms with E-state index in [1.807, 2.05) is 20.8 Å². The zero-order chi connectivity index (χ0) is 14.9. The lowest BCUT2D eigenvalue weighted by Gasteiger charge is -2.26. The third-order valence-corrected chi connectivity index (χ3v) is 2.74. The average molecular weight is 282 g/mol. The third kappa shape index (κ3) is 3.16. The molecule has 0 bridgehead atoms. The van der Waals surface area contributed by atoms with Gasteiger partial charge < -0.3 is 13.9 Å². The Morgan fingerprint density at radius 3 is 2.70 bits per heavy atom. The van der Waals surface area contributed by atoms with E-state index in [1.165, 1.54) is 7.11 Å². The number of oxazole rings is 1. The van der Waals surface area contributed by atoms with Crippen LogP contribution in [0.3, 0.4) is 0 Å². The summed E-state index contributed by atoms with van der Waals surface area (Å²) in [4.78, 5) is 27.4. The Morgan fingerprint density at radius 1 is 1.40 bits per heavy atom. The maximum Gasteiger partial charge on any atom is 0.394 e. The van der Waals surface area contributed by atoms with Gasteiger partial charge in [0.25, 0.3) is 0 Å². The molecule has 110 valence electrons. The smallest absolute Gasteiger partial charge is 0.394 e. The Balaban J connectivity index is 2.09. The molecular weight excluding hydrogens is 264 g/mol. The average Bonchev–Trinajstić information content (AvgIpc) is 2.78. The zero-order valence-corrected chi connectivity index (χ0v) is 12.0. The molecule has 0 fully saturated rings. The lowest BCUT2D eigenvalue weighted by Crippen LogP contribution is -2.44. The quantitative estimate of drug-likeness (QED) is 0.803. The lowest BCUT2D eigenvalue weighted by atomic mass is 10.1. The van der Waals surface area contributed by atoms with Crippen LogP contribution in [0.2, 0.25) is 0 Å². The van der Waals surface area contributed by atoms with Gasteiger partial charge >= 0.3 is 17.8 Å². The van der Waals surface area contributed by atoms with Crippen LogP contribution < -0.4 is 5.32 Å². The first kappa shape index (κ1) is 14.5. The van der Waals surface area contributed by atoms with Gasteiger partial charge in [0.15, 0.2) is 0 Å². The van der Waals surface area contributed by atoms with Crippen LogP contribution in [0.4, 0.5) is 0 Å². The van der Waals surface area contributed by atoms with E-state index in [-0.39, 0.29) is 11.9 Å². The fraction of sp³-hybridized carbons (Fsp3) is 0.615. The second-order valence-electron chi connectivity index (χ2n) is 5.55. The number of fused-ring (bicyclic) bond motifs is 1. The standard InChI is InChI=1S/C13H18N2O5/c1-13(2,3)20-11(16)8-5-7-9(6-14-8)19-10(15-7)12(17)18-4/h8,14H,5-6H2,1-4H3/t8-/m0/s1. The van der Waals surface area contributed by atoms with E-state index in [9.17, 15) is 9.59 Å². The van der Waals surface area contributed by atoms with E-state index in [0.717, 1.165) is 0 Å². The van der Waals surface area contributed by atoms with Crippen LogP contribution in [0.5, 0.6) is 0 Å². The SMILES string of the molecule is COC(=O)c1nc2c(o1)CN[C@H](C(=O)OC(C)(C)C)C2. The molecule has 1 atom stereocenters. The number of carbonyl (C=O) groups is 2. The summed E-state index contributed by atoms with van der Waals surface area (Å²) in [7, 11) is 1.26. The molecule has 2 heterocycles. The van der Waals surface area contributed by atoms with Crippen LogP contribution in [0.15, 0.2) is 4.42 Å². The summed E-state index contributed by atoms with van der Waals surface area (Å²) < 4.78 is 15.2. The highest BCUT2D eigenvalue weighted by Crippen LogP contribution is 2.20. The molecule has 7 nitrogen and oxygen atoms in total. The fourth-order valence-corrected chi connectivity index (χ4v) is 1.88. The van der Waals surface area contributed by atoms with Crippen LogP contribution in [0.1, 0.15) is 42.9 Å². The molecule has 20 heavy (non-hydrogen) atoms. The summed E-state index contributed by atoms with van der Waals surface area (Å²) >= 11 is 0. The number of ether oxygens (including phenoxy) is 2. The first-order valence-electron chi connectivity index (χ1n) is 6.33. The van der Waals surface area contributed by atoms with Crippen molar-refractivity contribution < 1.29 is 23.5 Å². The second-order valence-corrected chi connectivity index (χ2v) is 5.55. The first-order valence-corrected chi connectivity index (χ1v) is 6.33. The summed E-state index contributed by atoms with van der Waals surface area (Å²) in [5.74, 6) is -0.520. The van der Waals surface area contributed by atoms with Crippen molar-refractivity contribution in [3.63, 3.8) is 0 Å². The normalized spacial score (nSPS) is 18.3. The van der Waals surface area contributed by atoms with Crippen molar-refractivity contribution in [2.24, 2.45) is 0 Å². The number of nitrogens with one attached hydrogen (secondary N) is 1. The van der Waals surface area contributed by atoms with E-state index in [0.29, 0.717) is 24.4 Å². The first-order chi connectivity index (χ1) is 9.30. The predicted molar refractivity (Wildman–Crippen MR) is 68.0 cm³/mol. The molecule has 0 saturated heterocycles. The molecule has 0 radical (unpaired) electrons. The maximum absolute atomic E-state index is 12.0. The molecule has 7 heteroatoms. The highest BCUT2D eigenvalue weighted by atomic mass is 16.6. The molecule has 2 rings (SSSR count). The predicted octanol–water partition coefficient (Wildman–Crippen LogP) is 0.817. The van der Waals surface area contributed by atoms with Gasteiger partial charge in [-0.2, -0.15) is 0 Å². The Kier molecular flexibility index (Phi) is 3.80. The minimum Gasteiger partial charge on any atom is -0.462 e. The monoisotopic (exact) mass is 282 g/mol. The minimum absolute atomic E-state index is 0.0934. The van der Waals surface area contributed by atoms with Crippen LogP contribution in [-0.2, 0) is 27.2 Å². The molecule has 0 saturated carbocycles. The minimum atomic E-state index is -0.631. The van der Waals surface area contributed by atoms with Crippen LogP contribution >= 0.6 is 0 Å². The van der Waals surface area contributed by atoms with Gasteiger partial charge in [0.05, 0.1) is 19.3 Å². The molecule has 0 aromatic carbocycles. The Labute approximate surface area is 116 Å². The van der Waals surface area contributed by atoms with Gasteiger partial charge in [0.1, 0.15) is 17.4 Å². The number of aromatic nitrogens is 1. The molecule has 1 aliphatic heterocycles. The molecule has 0 aliphatic carbocycles. The van der Waals surface area contributed by atoms with Crippen molar-refractivity contribution in [1.29, 1.82) is 0 Å². The Hall–Kier alpha value is -1.89. The van der Waals surface area contributed by atoms with Crippen molar-refractivity contribution in [2.45, 2.75) is 45.4 Å². The van der Waals surface area contributed by atoms with Crippen LogP contribution in [-0.4, -0.2) is 35.7 Å². The molecule has 0 unspecified atom stereocenters. The van der Waals surface area contributed by atoms with E-state index < -0.39 is 17.6 Å². The van der Waals surface area contributed by atoms with Crippen LogP contribution in [0.25, 0.3) is 0 Å². The van der Waals surface area contributed by atoms with Crippen molar-refractivity contribution >= 4 is 11.9 Å². The van der Waals surface area contributed by atoms with Gasteiger partial charge in [-0.15, -0.1) is 0 Å². The highest BCUT2D eigenvalue weighted by Gasteiger charge is 2.32. The van der Waals surface area contributed by atoms with E-state index in [4.69, 9.17) is 9.15 Å². The van der Waals surface area contributed by atoms with Crippen molar-refractivity contribution in [3.8, 4) is 0 Å². The Morgan fingerprint density at radius 2 is 2.10 bits per heavy atom. The van der Waals surface area contributed by atoms with E-state index in [2.05, 4.69) is 15.0 Å². The third-order valence-electron chi connectivity index (χ3n) is 2.74. The number of nitrogens with zero attached hydrogens (tertiary/aromatic N) is 1. The van der Waals surface area contributed by atoms with E-state index in [1.54, 1.807) is 0 Å². The molecule has 0 spiro atoms. The van der Waals surface area contributed by atoms with Gasteiger partial charge in [0.2, 0.25) is 0 Å². The summed E-state index contributed by atoms with van der Waals surface area (Å²) in [6.07, 6.45) is 0.324. The second kappa shape index (κ2) is 5.24. The number of esters is 2. The number of carbonyl (C=O) groups excluding carboxylic acids is 2. The fourth-order valence-electron chi connectivity index (χ4n) is 1.88. The van der Waals surface area contributed by atoms with Crippen molar-refractivity contribution in [2.75, 3.05) is 7.11 Å². The lowest BCUT2D eigenvalue weighted by molar-refractivity contribution is -0.157. The van der Waals surface area contributed by atoms with Gasteiger partial charge in [-0.3, -0.25) is 10.1 Å².